The molecule has 2 aromatic rings. The van der Waals surface area contributed by atoms with E-state index in [0.29, 0.717) is 29.5 Å². The highest BCUT2D eigenvalue weighted by molar-refractivity contribution is 6.31. The minimum absolute atomic E-state index is 0.0469. The molecule has 0 bridgehead atoms. The van der Waals surface area contributed by atoms with Gasteiger partial charge in [0.25, 0.3) is 5.91 Å². The van der Waals surface area contributed by atoms with Gasteiger partial charge in [-0.15, -0.1) is 0 Å². The number of carbonyl (C=O) groups is 2. The van der Waals surface area contributed by atoms with E-state index in [1.165, 1.54) is 0 Å². The molecule has 0 saturated heterocycles. The van der Waals surface area contributed by atoms with Crippen LogP contribution in [-0.4, -0.2) is 36.4 Å². The van der Waals surface area contributed by atoms with Gasteiger partial charge in [-0.3, -0.25) is 9.59 Å². The fraction of sp³-hybridized carbons (Fsp3) is 0.300. The number of para-hydroxylation sites is 2. The second-order valence-electron chi connectivity index (χ2n) is 6.31. The molecule has 1 atom stereocenters. The first-order valence-electron chi connectivity index (χ1n) is 8.52. The van der Waals surface area contributed by atoms with Crippen molar-refractivity contribution in [2.75, 3.05) is 18.5 Å². The number of halogens is 1. The van der Waals surface area contributed by atoms with Crippen LogP contribution >= 0.6 is 11.6 Å². The Hall–Kier alpha value is -2.53. The molecule has 0 fully saturated rings. The van der Waals surface area contributed by atoms with Gasteiger partial charge in [0, 0.05) is 31.6 Å². The van der Waals surface area contributed by atoms with Crippen molar-refractivity contribution >= 4 is 29.1 Å². The highest BCUT2D eigenvalue weighted by atomic mass is 35.5. The first-order chi connectivity index (χ1) is 12.5. The van der Waals surface area contributed by atoms with Crippen molar-refractivity contribution in [3.05, 3.63) is 59.1 Å². The zero-order valence-electron chi connectivity index (χ0n) is 14.8. The quantitative estimate of drug-likeness (QED) is 0.807. The summed E-state index contributed by atoms with van der Waals surface area (Å²) < 4.78 is 5.62. The third kappa shape index (κ3) is 3.83. The Morgan fingerprint density at radius 2 is 1.88 bits per heavy atom. The second kappa shape index (κ2) is 7.79. The molecule has 0 saturated carbocycles. The van der Waals surface area contributed by atoms with Crippen LogP contribution in [0.3, 0.4) is 0 Å². The van der Waals surface area contributed by atoms with Crippen LogP contribution in [0.15, 0.2) is 48.5 Å². The van der Waals surface area contributed by atoms with Gasteiger partial charge in [-0.05, 0) is 30.7 Å². The smallest absolute Gasteiger partial charge is 0.267 e. The highest BCUT2D eigenvalue weighted by Crippen LogP contribution is 2.33. The number of benzene rings is 2. The standard InChI is InChI=1S/C20H21ClN2O3/c1-14-20(25)23(17-9-5-6-10-18(17)26-14)12-11-19(24)22(2)13-15-7-3-4-8-16(15)21/h3-10,14H,11-13H2,1-2H3. The van der Waals surface area contributed by atoms with Gasteiger partial charge in [0.05, 0.1) is 5.69 Å². The summed E-state index contributed by atoms with van der Waals surface area (Å²) in [6.07, 6.45) is -0.325. The lowest BCUT2D eigenvalue weighted by molar-refractivity contribution is -0.130. The van der Waals surface area contributed by atoms with Gasteiger partial charge in [-0.2, -0.15) is 0 Å². The van der Waals surface area contributed by atoms with Gasteiger partial charge >= 0.3 is 0 Å². The lowest BCUT2D eigenvalue weighted by atomic mass is 10.1. The van der Waals surface area contributed by atoms with Crippen LogP contribution in [0.25, 0.3) is 0 Å². The van der Waals surface area contributed by atoms with Crippen LogP contribution in [0.2, 0.25) is 5.02 Å². The van der Waals surface area contributed by atoms with Crippen molar-refractivity contribution in [2.24, 2.45) is 0 Å². The Balaban J connectivity index is 1.65. The van der Waals surface area contributed by atoms with Crippen molar-refractivity contribution in [3.8, 4) is 5.75 Å². The summed E-state index contributed by atoms with van der Waals surface area (Å²) in [5, 5.41) is 0.637. The summed E-state index contributed by atoms with van der Waals surface area (Å²) in [4.78, 5) is 28.2. The molecule has 136 valence electrons. The summed E-state index contributed by atoms with van der Waals surface area (Å²) in [5.74, 6) is 0.482. The first-order valence-corrected chi connectivity index (χ1v) is 8.89. The topological polar surface area (TPSA) is 49.9 Å². The predicted molar refractivity (Wildman–Crippen MR) is 101 cm³/mol. The Morgan fingerprint density at radius 1 is 1.19 bits per heavy atom. The number of nitrogens with zero attached hydrogens (tertiary/aromatic N) is 2. The largest absolute Gasteiger partial charge is 0.479 e. The zero-order valence-corrected chi connectivity index (χ0v) is 15.6. The maximum atomic E-state index is 12.5. The van der Waals surface area contributed by atoms with E-state index < -0.39 is 6.10 Å². The fourth-order valence-electron chi connectivity index (χ4n) is 2.96. The van der Waals surface area contributed by atoms with Crippen LogP contribution in [-0.2, 0) is 16.1 Å². The molecule has 0 N–H and O–H groups in total. The molecule has 1 heterocycles. The maximum absolute atomic E-state index is 12.5. The molecule has 0 spiro atoms. The minimum atomic E-state index is -0.555. The summed E-state index contributed by atoms with van der Waals surface area (Å²) in [6, 6.07) is 14.8. The van der Waals surface area contributed by atoms with E-state index in [9.17, 15) is 9.59 Å². The average Bonchev–Trinajstić information content (AvgIpc) is 2.63. The van der Waals surface area contributed by atoms with Crippen LogP contribution < -0.4 is 9.64 Å². The van der Waals surface area contributed by atoms with Crippen molar-refractivity contribution in [3.63, 3.8) is 0 Å². The van der Waals surface area contributed by atoms with Gasteiger partial charge in [0.2, 0.25) is 5.91 Å². The van der Waals surface area contributed by atoms with Crippen LogP contribution in [0.5, 0.6) is 5.75 Å². The molecule has 26 heavy (non-hydrogen) atoms. The molecule has 0 aromatic heterocycles. The van der Waals surface area contributed by atoms with Crippen molar-refractivity contribution in [1.29, 1.82) is 0 Å². The molecule has 2 amide bonds. The second-order valence-corrected chi connectivity index (χ2v) is 6.72. The molecule has 1 aliphatic heterocycles. The van der Waals surface area contributed by atoms with Crippen molar-refractivity contribution in [2.45, 2.75) is 26.0 Å². The molecule has 2 aromatic carbocycles. The highest BCUT2D eigenvalue weighted by Gasteiger charge is 2.31. The normalized spacial score (nSPS) is 16.0. The molecular weight excluding hydrogens is 352 g/mol. The monoisotopic (exact) mass is 372 g/mol. The van der Waals surface area contributed by atoms with E-state index in [-0.39, 0.29) is 18.2 Å². The Morgan fingerprint density at radius 3 is 2.65 bits per heavy atom. The van der Waals surface area contributed by atoms with Crippen LogP contribution in [0.1, 0.15) is 18.9 Å². The lowest BCUT2D eigenvalue weighted by Crippen LogP contribution is -2.45. The average molecular weight is 373 g/mol. The number of hydrogen-bond acceptors (Lipinski definition) is 3. The van der Waals surface area contributed by atoms with Gasteiger partial charge < -0.3 is 14.5 Å². The van der Waals surface area contributed by atoms with E-state index in [0.717, 1.165) is 5.56 Å². The van der Waals surface area contributed by atoms with E-state index in [1.54, 1.807) is 29.8 Å². The number of anilines is 1. The third-order valence-electron chi connectivity index (χ3n) is 4.41. The zero-order chi connectivity index (χ0) is 18.7. The fourth-order valence-corrected chi connectivity index (χ4v) is 3.15. The SMILES string of the molecule is CC1Oc2ccccc2N(CCC(=O)N(C)Cc2ccccc2Cl)C1=O. The van der Waals surface area contributed by atoms with Gasteiger partial charge in [-0.1, -0.05) is 41.9 Å². The molecule has 5 nitrogen and oxygen atoms in total. The Labute approximate surface area is 158 Å². The number of carbonyl (C=O) groups excluding carboxylic acids is 2. The molecular formula is C20H21ClN2O3. The maximum Gasteiger partial charge on any atom is 0.267 e. The molecule has 0 aliphatic carbocycles. The van der Waals surface area contributed by atoms with Gasteiger partial charge in [0.15, 0.2) is 6.10 Å². The molecule has 6 heteroatoms. The van der Waals surface area contributed by atoms with E-state index in [4.69, 9.17) is 16.3 Å². The third-order valence-corrected chi connectivity index (χ3v) is 4.78. The molecule has 3 rings (SSSR count). The Bertz CT molecular complexity index is 824. The number of hydrogen-bond donors (Lipinski definition) is 0. The molecule has 1 aliphatic rings. The van der Waals surface area contributed by atoms with Gasteiger partial charge in [-0.25, -0.2) is 0 Å². The molecule has 1 unspecified atom stereocenters. The van der Waals surface area contributed by atoms with E-state index in [2.05, 4.69) is 0 Å². The van der Waals surface area contributed by atoms with Crippen LogP contribution in [0.4, 0.5) is 5.69 Å². The number of fused-ring (bicyclic) bond motifs is 1. The molecule has 0 radical (unpaired) electrons. The number of ether oxygens (including phenoxy) is 1. The minimum Gasteiger partial charge on any atom is -0.479 e. The van der Waals surface area contributed by atoms with Gasteiger partial charge in [0.1, 0.15) is 5.75 Å². The van der Waals surface area contributed by atoms with E-state index >= 15 is 0 Å². The Kier molecular flexibility index (Phi) is 5.47. The van der Waals surface area contributed by atoms with Crippen LogP contribution in [0, 0.1) is 0 Å². The van der Waals surface area contributed by atoms with E-state index in [1.807, 2.05) is 42.5 Å². The lowest BCUT2D eigenvalue weighted by Gasteiger charge is -2.33. The number of rotatable bonds is 5. The first kappa shape index (κ1) is 18.3. The summed E-state index contributed by atoms with van der Waals surface area (Å²) in [7, 11) is 1.74. The van der Waals surface area contributed by atoms with Crippen molar-refractivity contribution in [1.82, 2.24) is 4.90 Å². The summed E-state index contributed by atoms with van der Waals surface area (Å²) >= 11 is 6.16. The van der Waals surface area contributed by atoms with Crippen molar-refractivity contribution < 1.29 is 14.3 Å². The number of amides is 2. The summed E-state index contributed by atoms with van der Waals surface area (Å²) in [5.41, 5.74) is 1.60. The summed E-state index contributed by atoms with van der Waals surface area (Å²) in [6.45, 7) is 2.47. The predicted octanol–water partition coefficient (Wildman–Crippen LogP) is 3.50.